The quantitative estimate of drug-likeness (QED) is 0.0408. The fourth-order valence-corrected chi connectivity index (χ4v) is 8.93. The van der Waals surface area contributed by atoms with Crippen molar-refractivity contribution in [1.29, 1.82) is 0 Å². The molecule has 0 spiro atoms. The number of amides is 3. The van der Waals surface area contributed by atoms with E-state index in [9.17, 15) is 9.59 Å². The van der Waals surface area contributed by atoms with Crippen LogP contribution in [0.5, 0.6) is 0 Å². The lowest BCUT2D eigenvalue weighted by atomic mass is 9.79. The van der Waals surface area contributed by atoms with Gasteiger partial charge in [-0.3, -0.25) is 4.79 Å². The van der Waals surface area contributed by atoms with Gasteiger partial charge in [0.2, 0.25) is 5.91 Å². The molecule has 0 aliphatic heterocycles. The smallest absolute Gasteiger partial charge is 0.407 e. The van der Waals surface area contributed by atoms with Crippen LogP contribution in [-0.4, -0.2) is 78.6 Å². The molecule has 354 valence electrons. The highest BCUT2D eigenvalue weighted by Crippen LogP contribution is 2.46. The molecule has 1 aliphatic carbocycles. The van der Waals surface area contributed by atoms with Crippen LogP contribution in [0.15, 0.2) is 127 Å². The number of likely N-dealkylation sites (N-methyl/N-ethyl adjacent to an activating group) is 1. The Bertz CT molecular complexity index is 2450. The molecule has 5 aromatic rings. The minimum Gasteiger partial charge on any atom is -0.449 e. The fraction of sp³-hybridized carbons (Fsp3) is 0.382. The molecule has 3 amide bonds. The Kier molecular flexibility index (Phi) is 16.2. The van der Waals surface area contributed by atoms with Gasteiger partial charge < -0.3 is 34.5 Å². The van der Waals surface area contributed by atoms with E-state index in [0.717, 1.165) is 27.8 Å². The third-order valence-electron chi connectivity index (χ3n) is 11.7. The molecular formula is C55H64ClN3O8. The Balaban J connectivity index is 1.33. The fourth-order valence-electron chi connectivity index (χ4n) is 8.66. The topological polar surface area (TPSA) is 132 Å². The molecule has 1 aliphatic rings. The van der Waals surface area contributed by atoms with Gasteiger partial charge in [0.15, 0.2) is 5.60 Å². The van der Waals surface area contributed by atoms with E-state index in [-0.39, 0.29) is 25.5 Å². The van der Waals surface area contributed by atoms with Crippen LogP contribution < -0.4 is 10.6 Å². The van der Waals surface area contributed by atoms with E-state index in [1.54, 1.807) is 33.8 Å². The van der Waals surface area contributed by atoms with E-state index >= 15 is 9.59 Å². The van der Waals surface area contributed by atoms with Crippen LogP contribution in [0.25, 0.3) is 11.1 Å². The van der Waals surface area contributed by atoms with Gasteiger partial charge in [-0.2, -0.15) is 0 Å². The van der Waals surface area contributed by atoms with Crippen molar-refractivity contribution in [3.63, 3.8) is 0 Å². The summed E-state index contributed by atoms with van der Waals surface area (Å²) >= 11 is 7.03. The van der Waals surface area contributed by atoms with Crippen molar-refractivity contribution in [1.82, 2.24) is 15.5 Å². The first kappa shape index (κ1) is 50.2. The van der Waals surface area contributed by atoms with Crippen molar-refractivity contribution in [3.8, 4) is 11.1 Å². The molecule has 0 heterocycles. The number of nitrogens with zero attached hydrogens (tertiary/aromatic N) is 1. The van der Waals surface area contributed by atoms with Crippen molar-refractivity contribution in [2.24, 2.45) is 0 Å². The monoisotopic (exact) mass is 929 g/mol. The van der Waals surface area contributed by atoms with Crippen LogP contribution in [0.1, 0.15) is 107 Å². The average molecular weight is 931 g/mol. The molecule has 0 saturated carbocycles. The summed E-state index contributed by atoms with van der Waals surface area (Å²) in [6, 6.07) is 37.9. The number of hydrogen-bond donors (Lipinski definition) is 2. The summed E-state index contributed by atoms with van der Waals surface area (Å²) in [5, 5.41) is 5.97. The van der Waals surface area contributed by atoms with Gasteiger partial charge in [-0.25, -0.2) is 14.4 Å². The largest absolute Gasteiger partial charge is 0.449 e. The lowest BCUT2D eigenvalue weighted by Crippen LogP contribution is -2.58. The minimum absolute atomic E-state index is 0.0278. The number of hydrogen-bond acceptors (Lipinski definition) is 8. The second-order valence-corrected chi connectivity index (χ2v) is 19.5. The van der Waals surface area contributed by atoms with Crippen molar-refractivity contribution in [2.45, 2.75) is 116 Å². The van der Waals surface area contributed by atoms with E-state index in [2.05, 4.69) is 22.8 Å². The van der Waals surface area contributed by atoms with Crippen molar-refractivity contribution < 1.29 is 38.1 Å². The highest BCUT2D eigenvalue weighted by atomic mass is 35.5. The third-order valence-corrected chi connectivity index (χ3v) is 12.0. The standard InChI is InChI=1S/C55H64ClN3O8/c1-36-30-32-39(33-31-36)55(38-21-11-10-12-22-38,45-27-17-18-28-46(45)56)66-50(61)47(29-19-20-34-57-51(62)67-54(6,7)8)59(9)49(60)48(37(2)65-53(3,4)5)58-52(63)64-35-44-42-25-15-13-23-40(42)41-24-14-16-26-43(41)44/h10-18,21-28,30-33,37,44,47-48H,19-20,29,34-35H2,1-9H3,(H,57,62)(H,58,63)/t37-,47+,48+,55?/m1/s1. The number of alkyl carbamates (subject to hydrolysis) is 2. The molecular weight excluding hydrogens is 866 g/mol. The number of nitrogens with one attached hydrogen (secondary N) is 2. The number of carbonyl (C=O) groups excluding carboxylic acids is 4. The molecule has 6 rings (SSSR count). The Morgan fingerprint density at radius 2 is 1.25 bits per heavy atom. The summed E-state index contributed by atoms with van der Waals surface area (Å²) in [5.41, 5.74) is 4.11. The van der Waals surface area contributed by atoms with Crippen LogP contribution in [0.4, 0.5) is 9.59 Å². The molecule has 0 radical (unpaired) electrons. The second kappa shape index (κ2) is 21.6. The van der Waals surface area contributed by atoms with Gasteiger partial charge in [-0.1, -0.05) is 138 Å². The van der Waals surface area contributed by atoms with E-state index < -0.39 is 59.1 Å². The number of rotatable bonds is 17. The predicted octanol–water partition coefficient (Wildman–Crippen LogP) is 11.1. The summed E-state index contributed by atoms with van der Waals surface area (Å²) in [6.45, 7) is 14.9. The van der Waals surface area contributed by atoms with E-state index in [4.69, 9.17) is 30.5 Å². The van der Waals surface area contributed by atoms with Gasteiger partial charge in [0.05, 0.1) is 11.7 Å². The molecule has 0 saturated heterocycles. The summed E-state index contributed by atoms with van der Waals surface area (Å²) in [5.74, 6) is -1.53. The molecule has 0 aromatic heterocycles. The number of fused-ring (bicyclic) bond motifs is 3. The summed E-state index contributed by atoms with van der Waals surface area (Å²) in [4.78, 5) is 58.2. The highest BCUT2D eigenvalue weighted by Gasteiger charge is 2.45. The summed E-state index contributed by atoms with van der Waals surface area (Å²) < 4.78 is 24.6. The first-order valence-electron chi connectivity index (χ1n) is 22.9. The molecule has 0 fully saturated rings. The number of halogens is 1. The van der Waals surface area contributed by atoms with Gasteiger partial charge in [-0.15, -0.1) is 0 Å². The van der Waals surface area contributed by atoms with Gasteiger partial charge >= 0.3 is 18.2 Å². The summed E-state index contributed by atoms with van der Waals surface area (Å²) in [6.07, 6.45) is -1.28. The zero-order valence-electron chi connectivity index (χ0n) is 40.1. The zero-order valence-corrected chi connectivity index (χ0v) is 40.8. The van der Waals surface area contributed by atoms with Crippen molar-refractivity contribution in [2.75, 3.05) is 20.2 Å². The third kappa shape index (κ3) is 12.4. The van der Waals surface area contributed by atoms with E-state index in [1.165, 1.54) is 11.9 Å². The number of unbranched alkanes of at least 4 members (excludes halogenated alkanes) is 1. The number of benzene rings is 5. The Hall–Kier alpha value is -6.17. The molecule has 11 nitrogen and oxygen atoms in total. The van der Waals surface area contributed by atoms with Crippen LogP contribution in [-0.2, 0) is 34.1 Å². The minimum atomic E-state index is -1.56. The molecule has 2 N–H and O–H groups in total. The number of esters is 1. The molecule has 0 bridgehead atoms. The SMILES string of the molecule is Cc1ccc(C(OC(=O)[C@H](CCCCNC(=O)OC(C)(C)C)N(C)C(=O)[C@@H](NC(=O)OCC2c3ccccc3-c3ccccc32)[C@@H](C)OC(C)(C)C)(c2ccccc2)c2ccccc2Cl)cc1. The van der Waals surface area contributed by atoms with Gasteiger partial charge in [0.1, 0.15) is 24.3 Å². The maximum Gasteiger partial charge on any atom is 0.407 e. The first-order valence-corrected chi connectivity index (χ1v) is 23.3. The van der Waals surface area contributed by atoms with Gasteiger partial charge in [-0.05, 0) is 103 Å². The Morgan fingerprint density at radius 1 is 0.687 bits per heavy atom. The lowest BCUT2D eigenvalue weighted by Gasteiger charge is -2.39. The van der Waals surface area contributed by atoms with E-state index in [0.29, 0.717) is 34.6 Å². The highest BCUT2D eigenvalue weighted by molar-refractivity contribution is 6.31. The molecule has 12 heteroatoms. The van der Waals surface area contributed by atoms with Crippen molar-refractivity contribution in [3.05, 3.63) is 166 Å². The molecule has 4 atom stereocenters. The first-order chi connectivity index (χ1) is 31.8. The summed E-state index contributed by atoms with van der Waals surface area (Å²) in [7, 11) is 1.52. The van der Waals surface area contributed by atoms with Crippen LogP contribution >= 0.6 is 11.6 Å². The normalized spacial score (nSPS) is 14.6. The molecule has 5 aromatic carbocycles. The molecule has 67 heavy (non-hydrogen) atoms. The maximum absolute atomic E-state index is 15.3. The number of aryl methyl sites for hydroxylation is 1. The maximum atomic E-state index is 15.3. The number of ether oxygens (including phenoxy) is 4. The van der Waals surface area contributed by atoms with Gasteiger partial charge in [0, 0.05) is 41.2 Å². The zero-order chi connectivity index (χ0) is 48.5. The van der Waals surface area contributed by atoms with Crippen LogP contribution in [0, 0.1) is 6.92 Å². The van der Waals surface area contributed by atoms with Crippen LogP contribution in [0.3, 0.4) is 0 Å². The average Bonchev–Trinajstić information content (AvgIpc) is 3.60. The Labute approximate surface area is 400 Å². The lowest BCUT2D eigenvalue weighted by molar-refractivity contribution is -0.165. The van der Waals surface area contributed by atoms with Crippen molar-refractivity contribution >= 4 is 35.7 Å². The molecule has 1 unspecified atom stereocenters. The predicted molar refractivity (Wildman–Crippen MR) is 262 cm³/mol. The Morgan fingerprint density at radius 3 is 1.85 bits per heavy atom. The number of carbonyl (C=O) groups is 4. The van der Waals surface area contributed by atoms with Gasteiger partial charge in [0.25, 0.3) is 0 Å². The van der Waals surface area contributed by atoms with E-state index in [1.807, 2.05) is 137 Å². The van der Waals surface area contributed by atoms with Crippen LogP contribution in [0.2, 0.25) is 5.02 Å². The second-order valence-electron chi connectivity index (χ2n) is 19.1.